The Labute approximate surface area is 118 Å². The Kier molecular flexibility index (Phi) is 5.23. The average Bonchev–Trinajstić information content (AvgIpc) is 2.26. The number of hydrogen-bond acceptors (Lipinski definition) is 5. The Bertz CT molecular complexity index is 633. The summed E-state index contributed by atoms with van der Waals surface area (Å²) in [5.41, 5.74) is 5.62. The van der Waals surface area contributed by atoms with Crippen molar-refractivity contribution >= 4 is 37.0 Å². The second-order valence-electron chi connectivity index (χ2n) is 4.13. The van der Waals surface area contributed by atoms with Crippen LogP contribution in [0.4, 0.5) is 5.69 Å². The van der Waals surface area contributed by atoms with Gasteiger partial charge in [-0.25, -0.2) is 16.8 Å². The molecule has 1 rings (SSSR count). The summed E-state index contributed by atoms with van der Waals surface area (Å²) in [7, 11) is -7.17. The van der Waals surface area contributed by atoms with E-state index >= 15 is 0 Å². The number of nitrogen functional groups attached to an aromatic ring is 1. The fourth-order valence-corrected chi connectivity index (χ4v) is 5.86. The van der Waals surface area contributed by atoms with Crippen LogP contribution in [0, 0.1) is 0 Å². The normalized spacial score (nSPS) is 12.5. The minimum absolute atomic E-state index is 0.00731. The molecule has 0 atom stereocenters. The lowest BCUT2D eigenvalue weighted by Gasteiger charge is -2.09. The van der Waals surface area contributed by atoms with E-state index in [1.54, 1.807) is 6.92 Å². The number of anilines is 1. The highest BCUT2D eigenvalue weighted by atomic mass is 35.5. The molecule has 1 aromatic rings. The molecule has 19 heavy (non-hydrogen) atoms. The Hall–Kier alpha value is -0.790. The van der Waals surface area contributed by atoms with Crippen molar-refractivity contribution in [3.05, 3.63) is 23.2 Å². The van der Waals surface area contributed by atoms with E-state index in [2.05, 4.69) is 0 Å². The lowest BCUT2D eigenvalue weighted by molar-refractivity contribution is 0.587. The van der Waals surface area contributed by atoms with Crippen LogP contribution in [0.15, 0.2) is 23.1 Å². The van der Waals surface area contributed by atoms with E-state index in [-0.39, 0.29) is 21.4 Å². The molecule has 5 nitrogen and oxygen atoms in total. The van der Waals surface area contributed by atoms with Crippen LogP contribution in [-0.2, 0) is 19.7 Å². The van der Waals surface area contributed by atoms with Gasteiger partial charge in [-0.1, -0.05) is 24.6 Å². The maximum atomic E-state index is 12.1. The van der Waals surface area contributed by atoms with E-state index < -0.39 is 31.2 Å². The lowest BCUT2D eigenvalue weighted by atomic mass is 10.3. The average molecular weight is 326 g/mol. The Morgan fingerprint density at radius 2 is 1.74 bits per heavy atom. The summed E-state index contributed by atoms with van der Waals surface area (Å²) in [6, 6.07) is 4.36. The van der Waals surface area contributed by atoms with Gasteiger partial charge in [0, 0.05) is 5.75 Å². The summed E-state index contributed by atoms with van der Waals surface area (Å²) in [5, 5.41) is 0.00731. The van der Waals surface area contributed by atoms with Crippen LogP contribution >= 0.6 is 11.6 Å². The lowest BCUT2D eigenvalue weighted by Crippen LogP contribution is -2.20. The molecule has 0 fully saturated rings. The largest absolute Gasteiger partial charge is 0.398 e. The summed E-state index contributed by atoms with van der Waals surface area (Å²) in [5.74, 6) is -0.961. The van der Waals surface area contributed by atoms with Crippen molar-refractivity contribution in [1.29, 1.82) is 0 Å². The van der Waals surface area contributed by atoms with Gasteiger partial charge in [0.15, 0.2) is 19.7 Å². The molecule has 108 valence electrons. The predicted molar refractivity (Wildman–Crippen MR) is 76.9 cm³/mol. The predicted octanol–water partition coefficient (Wildman–Crippen LogP) is 1.52. The summed E-state index contributed by atoms with van der Waals surface area (Å²) in [4.78, 5) is -0.191. The first-order valence-corrected chi connectivity index (χ1v) is 9.52. The van der Waals surface area contributed by atoms with E-state index in [4.69, 9.17) is 17.3 Å². The van der Waals surface area contributed by atoms with Gasteiger partial charge < -0.3 is 5.73 Å². The Morgan fingerprint density at radius 1 is 1.11 bits per heavy atom. The molecule has 0 heterocycles. The fraction of sp³-hybridized carbons (Fsp3) is 0.455. The van der Waals surface area contributed by atoms with Gasteiger partial charge in [0.2, 0.25) is 0 Å². The molecule has 8 heteroatoms. The molecule has 1 aromatic carbocycles. The smallest absolute Gasteiger partial charge is 0.182 e. The van der Waals surface area contributed by atoms with Crippen molar-refractivity contribution in [3.63, 3.8) is 0 Å². The maximum absolute atomic E-state index is 12.1. The summed E-state index contributed by atoms with van der Waals surface area (Å²) in [6.45, 7) is 1.72. The van der Waals surface area contributed by atoms with E-state index in [0.717, 1.165) is 0 Å². The third-order valence-corrected chi connectivity index (χ3v) is 6.85. The monoisotopic (exact) mass is 325 g/mol. The minimum atomic E-state index is -3.81. The van der Waals surface area contributed by atoms with Crippen LogP contribution in [0.2, 0.25) is 5.02 Å². The quantitative estimate of drug-likeness (QED) is 0.800. The molecular formula is C11H16ClNO4S2. The van der Waals surface area contributed by atoms with E-state index in [1.165, 1.54) is 18.2 Å². The van der Waals surface area contributed by atoms with Crippen LogP contribution < -0.4 is 5.73 Å². The third-order valence-electron chi connectivity index (χ3n) is 2.49. The molecule has 0 saturated heterocycles. The number of sulfone groups is 2. The zero-order chi connectivity index (χ0) is 14.7. The van der Waals surface area contributed by atoms with Gasteiger partial charge in [-0.15, -0.1) is 0 Å². The van der Waals surface area contributed by atoms with Crippen molar-refractivity contribution in [1.82, 2.24) is 0 Å². The van der Waals surface area contributed by atoms with Gasteiger partial charge in [0.05, 0.1) is 22.2 Å². The topological polar surface area (TPSA) is 94.3 Å². The standard InChI is InChI=1S/C11H16ClNO4S2/c1-2-6-18(14,15)7-8-19(16,17)11-9(12)4-3-5-10(11)13/h3-5H,2,6-8,13H2,1H3. The van der Waals surface area contributed by atoms with Crippen LogP contribution in [-0.4, -0.2) is 34.1 Å². The molecule has 2 N–H and O–H groups in total. The van der Waals surface area contributed by atoms with Crippen LogP contribution in [0.25, 0.3) is 0 Å². The Balaban J connectivity index is 3.01. The summed E-state index contributed by atoms with van der Waals surface area (Å²) < 4.78 is 47.3. The molecule has 0 amide bonds. The number of hydrogen-bond donors (Lipinski definition) is 1. The second kappa shape index (κ2) is 6.11. The first kappa shape index (κ1) is 16.3. The number of rotatable bonds is 6. The van der Waals surface area contributed by atoms with Crippen molar-refractivity contribution in [2.45, 2.75) is 18.2 Å². The Morgan fingerprint density at radius 3 is 2.26 bits per heavy atom. The van der Waals surface area contributed by atoms with Crippen molar-refractivity contribution in [3.8, 4) is 0 Å². The first-order valence-electron chi connectivity index (χ1n) is 5.67. The maximum Gasteiger partial charge on any atom is 0.182 e. The molecule has 0 radical (unpaired) electrons. The van der Waals surface area contributed by atoms with Crippen molar-refractivity contribution in [2.75, 3.05) is 23.0 Å². The first-order chi connectivity index (χ1) is 8.69. The van der Waals surface area contributed by atoms with Crippen LogP contribution in [0.3, 0.4) is 0 Å². The molecule has 0 spiro atoms. The zero-order valence-electron chi connectivity index (χ0n) is 10.5. The number of benzene rings is 1. The van der Waals surface area contributed by atoms with Gasteiger partial charge >= 0.3 is 0 Å². The van der Waals surface area contributed by atoms with Crippen LogP contribution in [0.1, 0.15) is 13.3 Å². The summed E-state index contributed by atoms with van der Waals surface area (Å²) >= 11 is 5.82. The SMILES string of the molecule is CCCS(=O)(=O)CCS(=O)(=O)c1c(N)cccc1Cl. The molecule has 0 saturated carbocycles. The van der Waals surface area contributed by atoms with Gasteiger partial charge in [0.25, 0.3) is 0 Å². The molecule has 0 aliphatic heterocycles. The number of halogens is 1. The van der Waals surface area contributed by atoms with Gasteiger partial charge in [-0.2, -0.15) is 0 Å². The van der Waals surface area contributed by atoms with E-state index in [0.29, 0.717) is 6.42 Å². The molecule has 0 aromatic heterocycles. The number of nitrogens with two attached hydrogens (primary N) is 1. The zero-order valence-corrected chi connectivity index (χ0v) is 12.9. The second-order valence-corrected chi connectivity index (χ2v) is 8.89. The van der Waals surface area contributed by atoms with Crippen molar-refractivity contribution < 1.29 is 16.8 Å². The van der Waals surface area contributed by atoms with Gasteiger partial charge in [-0.3, -0.25) is 0 Å². The van der Waals surface area contributed by atoms with Crippen LogP contribution in [0.5, 0.6) is 0 Å². The summed E-state index contributed by atoms with van der Waals surface area (Å²) in [6.07, 6.45) is 0.455. The van der Waals surface area contributed by atoms with Crippen molar-refractivity contribution in [2.24, 2.45) is 0 Å². The molecule has 0 aliphatic rings. The highest BCUT2D eigenvalue weighted by Crippen LogP contribution is 2.28. The van der Waals surface area contributed by atoms with E-state index in [9.17, 15) is 16.8 Å². The van der Waals surface area contributed by atoms with Gasteiger partial charge in [-0.05, 0) is 18.6 Å². The molecular weight excluding hydrogens is 310 g/mol. The fourth-order valence-electron chi connectivity index (χ4n) is 1.61. The van der Waals surface area contributed by atoms with Gasteiger partial charge in [0.1, 0.15) is 4.90 Å². The molecule has 0 aliphatic carbocycles. The third kappa shape index (κ3) is 4.36. The minimum Gasteiger partial charge on any atom is -0.398 e. The molecule has 0 unspecified atom stereocenters. The highest BCUT2D eigenvalue weighted by Gasteiger charge is 2.23. The molecule has 0 bridgehead atoms. The highest BCUT2D eigenvalue weighted by molar-refractivity contribution is 7.95. The van der Waals surface area contributed by atoms with E-state index in [1.807, 2.05) is 0 Å².